The maximum absolute atomic E-state index is 11.7. The van der Waals surface area contributed by atoms with Gasteiger partial charge in [0.15, 0.2) is 0 Å². The number of halogens is 1. The summed E-state index contributed by atoms with van der Waals surface area (Å²) in [6, 6.07) is 3.82. The molecule has 1 amide bonds. The third-order valence-electron chi connectivity index (χ3n) is 2.52. The highest BCUT2D eigenvalue weighted by Gasteiger charge is 2.26. The van der Waals surface area contributed by atoms with Crippen LogP contribution in [0.15, 0.2) is 17.2 Å². The van der Waals surface area contributed by atoms with Gasteiger partial charge in [0.2, 0.25) is 0 Å². The smallest absolute Gasteiger partial charge is 0.255 e. The van der Waals surface area contributed by atoms with Crippen molar-refractivity contribution >= 4 is 29.0 Å². The number of hydrazone groups is 1. The van der Waals surface area contributed by atoms with Crippen LogP contribution in [-0.2, 0) is 4.79 Å². The Labute approximate surface area is 98.7 Å². The van der Waals surface area contributed by atoms with E-state index in [4.69, 9.17) is 17.3 Å². The quantitative estimate of drug-likeness (QED) is 0.812. The first kappa shape index (κ1) is 11.0. The van der Waals surface area contributed by atoms with Crippen molar-refractivity contribution in [1.82, 2.24) is 0 Å². The summed E-state index contributed by atoms with van der Waals surface area (Å²) in [6.45, 7) is 3.77. The number of hydrogen-bond donors (Lipinski definition) is 1. The zero-order valence-electron chi connectivity index (χ0n) is 9.12. The van der Waals surface area contributed by atoms with E-state index in [1.165, 1.54) is 5.01 Å². The standard InChI is InChI=1S/C11H12ClN3O/c1-6-3-4-7(2)11(10(6)12)15-9(16)5-8(13)14-15/h3-4H,5H2,1-2H3,(H2,13,14). The SMILES string of the molecule is Cc1ccc(C)c(N2N=C(N)CC2=O)c1Cl. The van der Waals surface area contributed by atoms with E-state index in [9.17, 15) is 4.79 Å². The molecule has 0 fully saturated rings. The van der Waals surface area contributed by atoms with Crippen LogP contribution in [-0.4, -0.2) is 11.7 Å². The van der Waals surface area contributed by atoms with Gasteiger partial charge in [-0.25, -0.2) is 0 Å². The summed E-state index contributed by atoms with van der Waals surface area (Å²) in [6.07, 6.45) is 0.156. The van der Waals surface area contributed by atoms with Crippen molar-refractivity contribution in [3.63, 3.8) is 0 Å². The van der Waals surface area contributed by atoms with E-state index >= 15 is 0 Å². The lowest BCUT2D eigenvalue weighted by Crippen LogP contribution is -2.21. The summed E-state index contributed by atoms with van der Waals surface area (Å²) in [4.78, 5) is 11.7. The zero-order valence-corrected chi connectivity index (χ0v) is 9.88. The molecular formula is C11H12ClN3O. The van der Waals surface area contributed by atoms with E-state index in [0.29, 0.717) is 16.5 Å². The van der Waals surface area contributed by atoms with Crippen LogP contribution in [0.25, 0.3) is 0 Å². The number of benzene rings is 1. The minimum Gasteiger partial charge on any atom is -0.385 e. The summed E-state index contributed by atoms with van der Waals surface area (Å²) in [5.74, 6) is 0.176. The van der Waals surface area contributed by atoms with Gasteiger partial charge in [-0.05, 0) is 25.0 Å². The maximum Gasteiger partial charge on any atom is 0.255 e. The van der Waals surface area contributed by atoms with Gasteiger partial charge in [0, 0.05) is 0 Å². The number of amides is 1. The first-order valence-electron chi connectivity index (χ1n) is 4.92. The summed E-state index contributed by atoms with van der Waals surface area (Å²) < 4.78 is 0. The molecule has 0 atom stereocenters. The van der Waals surface area contributed by atoms with E-state index in [2.05, 4.69) is 5.10 Å². The van der Waals surface area contributed by atoms with Gasteiger partial charge in [-0.3, -0.25) is 4.79 Å². The predicted octanol–water partition coefficient (Wildman–Crippen LogP) is 1.97. The topological polar surface area (TPSA) is 58.7 Å². The number of aryl methyl sites for hydroxylation is 2. The molecule has 2 rings (SSSR count). The summed E-state index contributed by atoms with van der Waals surface area (Å²) in [7, 11) is 0. The Morgan fingerprint density at radius 3 is 2.56 bits per heavy atom. The van der Waals surface area contributed by atoms with Crippen molar-refractivity contribution in [2.24, 2.45) is 10.8 Å². The number of hydrogen-bond acceptors (Lipinski definition) is 3. The summed E-state index contributed by atoms with van der Waals surface area (Å²) in [5.41, 5.74) is 7.98. The van der Waals surface area contributed by atoms with Gasteiger partial charge >= 0.3 is 0 Å². The predicted molar refractivity (Wildman–Crippen MR) is 64.7 cm³/mol. The molecule has 16 heavy (non-hydrogen) atoms. The second-order valence-corrected chi connectivity index (χ2v) is 4.21. The molecule has 1 aliphatic heterocycles. The van der Waals surface area contributed by atoms with Crippen molar-refractivity contribution in [1.29, 1.82) is 0 Å². The number of carbonyl (C=O) groups excluding carboxylic acids is 1. The molecule has 84 valence electrons. The fraction of sp³-hybridized carbons (Fsp3) is 0.273. The van der Waals surface area contributed by atoms with Crippen LogP contribution in [0, 0.1) is 13.8 Å². The van der Waals surface area contributed by atoms with Crippen LogP contribution in [0.3, 0.4) is 0 Å². The van der Waals surface area contributed by atoms with Gasteiger partial charge in [0.1, 0.15) is 5.84 Å². The third-order valence-corrected chi connectivity index (χ3v) is 3.00. The molecule has 5 heteroatoms. The van der Waals surface area contributed by atoms with E-state index in [1.54, 1.807) is 0 Å². The molecule has 4 nitrogen and oxygen atoms in total. The fourth-order valence-corrected chi connectivity index (χ4v) is 1.94. The Balaban J connectivity index is 2.56. The fourth-order valence-electron chi connectivity index (χ4n) is 1.65. The Bertz CT molecular complexity index is 496. The number of carbonyl (C=O) groups is 1. The van der Waals surface area contributed by atoms with Crippen LogP contribution in [0.4, 0.5) is 5.69 Å². The monoisotopic (exact) mass is 237 g/mol. The number of amidine groups is 1. The molecule has 0 saturated heterocycles. The average molecular weight is 238 g/mol. The Morgan fingerprint density at radius 2 is 2.00 bits per heavy atom. The number of anilines is 1. The van der Waals surface area contributed by atoms with Crippen molar-refractivity contribution < 1.29 is 4.79 Å². The van der Waals surface area contributed by atoms with Crippen molar-refractivity contribution in [2.45, 2.75) is 20.3 Å². The third kappa shape index (κ3) is 1.65. The van der Waals surface area contributed by atoms with Crippen molar-refractivity contribution in [3.05, 3.63) is 28.3 Å². The van der Waals surface area contributed by atoms with Crippen LogP contribution < -0.4 is 10.7 Å². The van der Waals surface area contributed by atoms with Crippen LogP contribution in [0.1, 0.15) is 17.5 Å². The normalized spacial score (nSPS) is 15.6. The molecule has 1 heterocycles. The van der Waals surface area contributed by atoms with Crippen molar-refractivity contribution in [3.8, 4) is 0 Å². The summed E-state index contributed by atoms with van der Waals surface area (Å²) in [5, 5.41) is 5.84. The van der Waals surface area contributed by atoms with Crippen molar-refractivity contribution in [2.75, 3.05) is 5.01 Å². The lowest BCUT2D eigenvalue weighted by atomic mass is 10.1. The van der Waals surface area contributed by atoms with Gasteiger partial charge in [-0.15, -0.1) is 0 Å². The molecule has 0 aliphatic carbocycles. The van der Waals surface area contributed by atoms with Gasteiger partial charge in [0.05, 0.1) is 17.1 Å². The zero-order chi connectivity index (χ0) is 11.9. The Kier molecular flexibility index (Phi) is 2.59. The Morgan fingerprint density at radius 1 is 1.38 bits per heavy atom. The lowest BCUT2D eigenvalue weighted by Gasteiger charge is -2.17. The highest BCUT2D eigenvalue weighted by molar-refractivity contribution is 6.35. The molecule has 0 radical (unpaired) electrons. The van der Waals surface area contributed by atoms with Crippen LogP contribution in [0.5, 0.6) is 0 Å². The first-order valence-corrected chi connectivity index (χ1v) is 5.30. The lowest BCUT2D eigenvalue weighted by molar-refractivity contribution is -0.116. The van der Waals surface area contributed by atoms with E-state index in [-0.39, 0.29) is 12.3 Å². The molecule has 1 aliphatic rings. The largest absolute Gasteiger partial charge is 0.385 e. The molecule has 0 bridgehead atoms. The average Bonchev–Trinajstić information content (AvgIpc) is 2.53. The van der Waals surface area contributed by atoms with Gasteiger partial charge in [-0.2, -0.15) is 10.1 Å². The van der Waals surface area contributed by atoms with Crippen LogP contribution in [0.2, 0.25) is 5.02 Å². The molecule has 0 aromatic heterocycles. The molecule has 0 unspecified atom stereocenters. The van der Waals surface area contributed by atoms with Gasteiger partial charge < -0.3 is 5.73 Å². The minimum absolute atomic E-state index is 0.145. The molecular weight excluding hydrogens is 226 g/mol. The number of nitrogens with two attached hydrogens (primary N) is 1. The second-order valence-electron chi connectivity index (χ2n) is 3.84. The minimum atomic E-state index is -0.145. The van der Waals surface area contributed by atoms with Gasteiger partial charge in [-0.1, -0.05) is 23.7 Å². The van der Waals surface area contributed by atoms with E-state index < -0.39 is 0 Å². The molecule has 0 saturated carbocycles. The number of nitrogens with zero attached hydrogens (tertiary/aromatic N) is 2. The highest BCUT2D eigenvalue weighted by atomic mass is 35.5. The second kappa shape index (κ2) is 3.79. The van der Waals surface area contributed by atoms with E-state index in [0.717, 1.165) is 11.1 Å². The molecule has 1 aromatic carbocycles. The molecule has 1 aromatic rings. The Hall–Kier alpha value is -1.55. The number of rotatable bonds is 1. The molecule has 2 N–H and O–H groups in total. The van der Waals surface area contributed by atoms with Crippen LogP contribution >= 0.6 is 11.6 Å². The summed E-state index contributed by atoms with van der Waals surface area (Å²) >= 11 is 6.19. The molecule has 0 spiro atoms. The maximum atomic E-state index is 11.7. The van der Waals surface area contributed by atoms with Gasteiger partial charge in [0.25, 0.3) is 5.91 Å². The first-order chi connectivity index (χ1) is 7.50. The van der Waals surface area contributed by atoms with E-state index in [1.807, 2.05) is 26.0 Å². The highest BCUT2D eigenvalue weighted by Crippen LogP contribution is 2.34.